The zero-order valence-electron chi connectivity index (χ0n) is 11.7. The fourth-order valence-corrected chi connectivity index (χ4v) is 3.40. The van der Waals surface area contributed by atoms with Crippen LogP contribution in [0, 0.1) is 17.6 Å². The van der Waals surface area contributed by atoms with Crippen LogP contribution >= 0.6 is 0 Å². The van der Waals surface area contributed by atoms with E-state index in [0.717, 1.165) is 25.7 Å². The van der Waals surface area contributed by atoms with Gasteiger partial charge in [-0.1, -0.05) is 18.9 Å². The van der Waals surface area contributed by atoms with Gasteiger partial charge in [0, 0.05) is 17.4 Å². The lowest BCUT2D eigenvalue weighted by atomic mass is 9.98. The molecule has 114 valence electrons. The molecule has 0 bridgehead atoms. The van der Waals surface area contributed by atoms with Crippen molar-refractivity contribution < 1.29 is 18.7 Å². The molecule has 2 unspecified atom stereocenters. The average Bonchev–Trinajstić information content (AvgIpc) is 3.10. The topological polar surface area (TPSA) is 49.3 Å². The van der Waals surface area contributed by atoms with Gasteiger partial charge in [0.2, 0.25) is 5.91 Å². The van der Waals surface area contributed by atoms with Crippen LogP contribution in [0.15, 0.2) is 18.2 Å². The number of hydrogen-bond donors (Lipinski definition) is 2. The lowest BCUT2D eigenvalue weighted by molar-refractivity contribution is -0.124. The summed E-state index contributed by atoms with van der Waals surface area (Å²) in [7, 11) is 0. The van der Waals surface area contributed by atoms with Crippen molar-refractivity contribution in [2.75, 3.05) is 6.61 Å². The van der Waals surface area contributed by atoms with Gasteiger partial charge in [-0.25, -0.2) is 8.78 Å². The van der Waals surface area contributed by atoms with Crippen LogP contribution in [0.3, 0.4) is 0 Å². The van der Waals surface area contributed by atoms with Crippen LogP contribution in [0.25, 0.3) is 0 Å². The van der Waals surface area contributed by atoms with Crippen LogP contribution in [0.1, 0.15) is 43.6 Å². The van der Waals surface area contributed by atoms with Gasteiger partial charge >= 0.3 is 0 Å². The maximum absolute atomic E-state index is 13.7. The summed E-state index contributed by atoms with van der Waals surface area (Å²) in [6.45, 7) is -0.0792. The van der Waals surface area contributed by atoms with Crippen molar-refractivity contribution in [1.82, 2.24) is 5.32 Å². The Bertz CT molecular complexity index is 535. The molecule has 1 aromatic rings. The predicted octanol–water partition coefficient (Wildman–Crippen LogP) is 2.49. The van der Waals surface area contributed by atoms with E-state index in [-0.39, 0.29) is 29.9 Å². The van der Waals surface area contributed by atoms with E-state index in [0.29, 0.717) is 6.42 Å². The number of hydrogen-bond acceptors (Lipinski definition) is 2. The summed E-state index contributed by atoms with van der Waals surface area (Å²) in [6.07, 6.45) is 3.96. The van der Waals surface area contributed by atoms with Gasteiger partial charge in [0.05, 0.1) is 12.1 Å². The average molecular weight is 295 g/mol. The standard InChI is InChI=1S/C16H19F2NO2/c17-12-4-3-5-13(18)14(12)10-8-11(10)15(21)19-16(9-20)6-1-2-7-16/h3-5,10-11,20H,1-2,6-9H2,(H,19,21). The number of carbonyl (C=O) groups is 1. The van der Waals surface area contributed by atoms with Crippen molar-refractivity contribution >= 4 is 5.91 Å². The molecule has 2 aliphatic carbocycles. The van der Waals surface area contributed by atoms with E-state index in [1.54, 1.807) is 0 Å². The number of rotatable bonds is 4. The molecule has 0 aliphatic heterocycles. The highest BCUT2D eigenvalue weighted by atomic mass is 19.1. The SMILES string of the molecule is O=C(NC1(CO)CCCC1)C1CC1c1c(F)cccc1F. The molecule has 0 radical (unpaired) electrons. The summed E-state index contributed by atoms with van der Waals surface area (Å²) >= 11 is 0. The summed E-state index contributed by atoms with van der Waals surface area (Å²) in [6, 6.07) is 3.76. The van der Waals surface area contributed by atoms with Crippen LogP contribution in [0.4, 0.5) is 8.78 Å². The zero-order valence-corrected chi connectivity index (χ0v) is 11.7. The van der Waals surface area contributed by atoms with Gasteiger partial charge in [-0.05, 0) is 31.4 Å². The Morgan fingerprint density at radius 3 is 2.48 bits per heavy atom. The highest BCUT2D eigenvalue weighted by Crippen LogP contribution is 2.49. The van der Waals surface area contributed by atoms with E-state index in [1.807, 2.05) is 0 Å². The molecule has 0 aromatic heterocycles. The molecule has 21 heavy (non-hydrogen) atoms. The molecular weight excluding hydrogens is 276 g/mol. The molecule has 5 heteroatoms. The van der Waals surface area contributed by atoms with Crippen molar-refractivity contribution in [1.29, 1.82) is 0 Å². The van der Waals surface area contributed by atoms with Crippen LogP contribution in [0.5, 0.6) is 0 Å². The molecule has 2 atom stereocenters. The number of aliphatic hydroxyl groups is 1. The molecule has 0 saturated heterocycles. The molecule has 2 N–H and O–H groups in total. The van der Waals surface area contributed by atoms with Gasteiger partial charge in [-0.2, -0.15) is 0 Å². The third kappa shape index (κ3) is 2.67. The van der Waals surface area contributed by atoms with E-state index in [2.05, 4.69) is 5.32 Å². The number of nitrogens with one attached hydrogen (secondary N) is 1. The van der Waals surface area contributed by atoms with E-state index in [4.69, 9.17) is 0 Å². The lowest BCUT2D eigenvalue weighted by Crippen LogP contribution is -2.49. The molecular formula is C16H19F2NO2. The van der Waals surface area contributed by atoms with Crippen LogP contribution in [-0.2, 0) is 4.79 Å². The first-order chi connectivity index (χ1) is 10.1. The molecule has 1 aromatic carbocycles. The van der Waals surface area contributed by atoms with Gasteiger partial charge in [0.1, 0.15) is 11.6 Å². The minimum Gasteiger partial charge on any atom is -0.394 e. The molecule has 0 spiro atoms. The van der Waals surface area contributed by atoms with E-state index < -0.39 is 17.2 Å². The minimum atomic E-state index is -0.590. The maximum Gasteiger partial charge on any atom is 0.224 e. The largest absolute Gasteiger partial charge is 0.394 e. The maximum atomic E-state index is 13.7. The molecule has 2 saturated carbocycles. The Morgan fingerprint density at radius 2 is 1.90 bits per heavy atom. The fourth-order valence-electron chi connectivity index (χ4n) is 3.40. The first-order valence-corrected chi connectivity index (χ1v) is 7.43. The molecule has 2 aliphatic rings. The zero-order chi connectivity index (χ0) is 15.0. The van der Waals surface area contributed by atoms with Crippen LogP contribution < -0.4 is 5.32 Å². The van der Waals surface area contributed by atoms with Crippen molar-refractivity contribution in [3.05, 3.63) is 35.4 Å². The monoisotopic (exact) mass is 295 g/mol. The van der Waals surface area contributed by atoms with Crippen LogP contribution in [0.2, 0.25) is 0 Å². The summed E-state index contributed by atoms with van der Waals surface area (Å²) in [5, 5.41) is 12.4. The van der Waals surface area contributed by atoms with Crippen molar-refractivity contribution in [2.24, 2.45) is 5.92 Å². The van der Waals surface area contributed by atoms with Gasteiger partial charge < -0.3 is 10.4 Å². The molecule has 3 nitrogen and oxygen atoms in total. The summed E-state index contributed by atoms with van der Waals surface area (Å²) in [5.74, 6) is -2.15. The van der Waals surface area contributed by atoms with Crippen LogP contribution in [-0.4, -0.2) is 23.2 Å². The highest BCUT2D eigenvalue weighted by molar-refractivity contribution is 5.83. The first kappa shape index (κ1) is 14.4. The second kappa shape index (κ2) is 5.37. The van der Waals surface area contributed by atoms with Gasteiger partial charge in [-0.15, -0.1) is 0 Å². The predicted molar refractivity (Wildman–Crippen MR) is 73.6 cm³/mol. The van der Waals surface area contributed by atoms with Crippen molar-refractivity contribution in [3.8, 4) is 0 Å². The smallest absolute Gasteiger partial charge is 0.224 e. The van der Waals surface area contributed by atoms with Gasteiger partial charge in [-0.3, -0.25) is 4.79 Å². The highest BCUT2D eigenvalue weighted by Gasteiger charge is 2.48. The van der Waals surface area contributed by atoms with Gasteiger partial charge in [0.15, 0.2) is 0 Å². The summed E-state index contributed by atoms with van der Waals surface area (Å²) in [4.78, 5) is 12.3. The quantitative estimate of drug-likeness (QED) is 0.896. The summed E-state index contributed by atoms with van der Waals surface area (Å²) < 4.78 is 27.4. The molecule has 0 heterocycles. The fraction of sp³-hybridized carbons (Fsp3) is 0.562. The second-order valence-corrected chi connectivity index (χ2v) is 6.22. The first-order valence-electron chi connectivity index (χ1n) is 7.43. The normalized spacial score (nSPS) is 26.6. The third-order valence-electron chi connectivity index (χ3n) is 4.75. The Hall–Kier alpha value is -1.49. The number of benzene rings is 1. The van der Waals surface area contributed by atoms with E-state index in [1.165, 1.54) is 18.2 Å². The second-order valence-electron chi connectivity index (χ2n) is 6.22. The minimum absolute atomic E-state index is 0.0159. The number of carbonyl (C=O) groups excluding carboxylic acids is 1. The Labute approximate surface area is 122 Å². The van der Waals surface area contributed by atoms with E-state index >= 15 is 0 Å². The molecule has 1 amide bonds. The number of aliphatic hydroxyl groups excluding tert-OH is 1. The summed E-state index contributed by atoms with van der Waals surface area (Å²) in [5.41, 5.74) is -0.514. The Kier molecular flexibility index (Phi) is 3.69. The van der Waals surface area contributed by atoms with E-state index in [9.17, 15) is 18.7 Å². The Morgan fingerprint density at radius 1 is 1.29 bits per heavy atom. The Balaban J connectivity index is 1.69. The van der Waals surface area contributed by atoms with Crippen molar-refractivity contribution in [2.45, 2.75) is 43.6 Å². The van der Waals surface area contributed by atoms with Crippen molar-refractivity contribution in [3.63, 3.8) is 0 Å². The molecule has 3 rings (SSSR count). The number of amides is 1. The van der Waals surface area contributed by atoms with Gasteiger partial charge in [0.25, 0.3) is 0 Å². The lowest BCUT2D eigenvalue weighted by Gasteiger charge is -2.28. The molecule has 2 fully saturated rings. The third-order valence-corrected chi connectivity index (χ3v) is 4.75. The number of halogens is 2.